The zero-order valence-electron chi connectivity index (χ0n) is 23.3. The molecule has 5 rings (SSSR count). The number of nitrogens with one attached hydrogen (secondary N) is 6. The van der Waals surface area contributed by atoms with Gasteiger partial charge in [0.2, 0.25) is 35.7 Å². The monoisotopic (exact) mass is 599 g/mol. The summed E-state index contributed by atoms with van der Waals surface area (Å²) in [6.07, 6.45) is 0. The highest BCUT2D eigenvalue weighted by Crippen LogP contribution is 2.23. The lowest BCUT2D eigenvalue weighted by atomic mass is 10.3. The molecule has 0 fully saturated rings. The van der Waals surface area contributed by atoms with Gasteiger partial charge in [-0.2, -0.15) is 29.9 Å². The number of nitrogen functional groups attached to an aromatic ring is 1. The average Bonchev–Trinajstić information content (AvgIpc) is 3.00. The number of hydrogen-bond donors (Lipinski definition) is 9. The summed E-state index contributed by atoms with van der Waals surface area (Å²) in [4.78, 5) is 26.2. The first-order valence-corrected chi connectivity index (χ1v) is 13.5. The van der Waals surface area contributed by atoms with Gasteiger partial charge in [0.15, 0.2) is 0 Å². The first kappa shape index (κ1) is 29.6. The van der Waals surface area contributed by atoms with Crippen molar-refractivity contribution in [2.24, 2.45) is 0 Å². The van der Waals surface area contributed by atoms with Crippen LogP contribution in [0.5, 0.6) is 0 Å². The van der Waals surface area contributed by atoms with Crippen molar-refractivity contribution in [1.82, 2.24) is 29.9 Å². The molecule has 15 nitrogen and oxygen atoms in total. The molecule has 5 aromatic rings. The highest BCUT2D eigenvalue weighted by molar-refractivity contribution is 5.65. The van der Waals surface area contributed by atoms with Gasteiger partial charge in [-0.25, -0.2) is 4.39 Å². The normalized spacial score (nSPS) is 10.6. The number of rotatable bonds is 14. The molecule has 2 aromatic heterocycles. The molecule has 2 heterocycles. The third-order valence-corrected chi connectivity index (χ3v) is 5.68. The van der Waals surface area contributed by atoms with E-state index in [-0.39, 0.29) is 62.0 Å². The minimum absolute atomic E-state index is 0.0938. The number of anilines is 11. The van der Waals surface area contributed by atoms with E-state index in [1.807, 2.05) is 12.1 Å². The molecule has 0 aliphatic rings. The fourth-order valence-electron chi connectivity index (χ4n) is 3.80. The summed E-state index contributed by atoms with van der Waals surface area (Å²) in [5.74, 6) is 1.01. The van der Waals surface area contributed by atoms with Crippen LogP contribution in [0.25, 0.3) is 0 Å². The van der Waals surface area contributed by atoms with E-state index >= 15 is 0 Å². The standard InChI is InChI=1S/C28H30FN13O2/c29-17-3-1-5-21(15-17)35-27-39-23(31-11-13-43)37-25(41-27)33-19-7-9-20(10-8-19)34-26-38-24(32-12-14-44)40-28(42-26)36-22-6-2-4-18(30)16-22/h1-10,15-16,43-44H,11-14,30H2,(H3,31,33,35,37,39,41)(H3,32,34,36,38,40,42). The van der Waals surface area contributed by atoms with Crippen molar-refractivity contribution in [3.8, 4) is 0 Å². The molecule has 0 aliphatic heterocycles. The molecule has 0 unspecified atom stereocenters. The number of nitrogens with two attached hydrogens (primary N) is 1. The van der Waals surface area contributed by atoms with Gasteiger partial charge in [0.1, 0.15) is 5.82 Å². The highest BCUT2D eigenvalue weighted by atomic mass is 19.1. The molecule has 0 atom stereocenters. The van der Waals surface area contributed by atoms with Gasteiger partial charge < -0.3 is 47.8 Å². The molecular weight excluding hydrogens is 569 g/mol. The van der Waals surface area contributed by atoms with E-state index in [1.54, 1.807) is 48.5 Å². The van der Waals surface area contributed by atoms with Crippen LogP contribution in [0.15, 0.2) is 72.8 Å². The fraction of sp³-hybridized carbons (Fsp3) is 0.143. The van der Waals surface area contributed by atoms with Crippen molar-refractivity contribution < 1.29 is 14.6 Å². The van der Waals surface area contributed by atoms with Crippen LogP contribution in [0.2, 0.25) is 0 Å². The van der Waals surface area contributed by atoms with Gasteiger partial charge in [-0.15, -0.1) is 0 Å². The molecule has 16 heteroatoms. The number of aliphatic hydroxyl groups is 2. The van der Waals surface area contributed by atoms with Gasteiger partial charge in [-0.1, -0.05) is 12.1 Å². The van der Waals surface area contributed by atoms with E-state index in [4.69, 9.17) is 5.73 Å². The van der Waals surface area contributed by atoms with E-state index < -0.39 is 5.82 Å². The Kier molecular flexibility index (Phi) is 9.65. The predicted molar refractivity (Wildman–Crippen MR) is 168 cm³/mol. The third-order valence-electron chi connectivity index (χ3n) is 5.68. The quantitative estimate of drug-likeness (QED) is 0.0834. The molecule has 0 aliphatic carbocycles. The van der Waals surface area contributed by atoms with Crippen molar-refractivity contribution in [2.75, 3.05) is 63.9 Å². The van der Waals surface area contributed by atoms with Crippen LogP contribution in [-0.2, 0) is 0 Å². The maximum absolute atomic E-state index is 13.7. The second kappa shape index (κ2) is 14.3. The summed E-state index contributed by atoms with van der Waals surface area (Å²) in [7, 11) is 0. The summed E-state index contributed by atoms with van der Waals surface area (Å²) < 4.78 is 13.7. The number of halogens is 1. The number of aromatic nitrogens is 6. The maximum atomic E-state index is 13.7. The molecule has 0 spiro atoms. The molecule has 0 saturated heterocycles. The molecule has 226 valence electrons. The Morgan fingerprint density at radius 3 is 1.36 bits per heavy atom. The second-order valence-electron chi connectivity index (χ2n) is 9.13. The summed E-state index contributed by atoms with van der Waals surface area (Å²) in [6.45, 7) is 0.279. The van der Waals surface area contributed by atoms with E-state index in [9.17, 15) is 14.6 Å². The Morgan fingerprint density at radius 1 is 0.523 bits per heavy atom. The SMILES string of the molecule is Nc1cccc(Nc2nc(NCCO)nc(Nc3ccc(Nc4nc(NCCO)nc(Nc5cccc(F)c5)n4)cc3)n2)c1. The lowest BCUT2D eigenvalue weighted by molar-refractivity contribution is 0.310. The van der Waals surface area contributed by atoms with Crippen LogP contribution in [0, 0.1) is 5.82 Å². The first-order valence-electron chi connectivity index (χ1n) is 13.5. The minimum Gasteiger partial charge on any atom is -0.399 e. The van der Waals surface area contributed by atoms with Gasteiger partial charge >= 0.3 is 0 Å². The van der Waals surface area contributed by atoms with E-state index in [2.05, 4.69) is 61.8 Å². The van der Waals surface area contributed by atoms with Crippen LogP contribution < -0.4 is 37.6 Å². The molecule has 10 N–H and O–H groups in total. The largest absolute Gasteiger partial charge is 0.399 e. The Balaban J connectivity index is 1.31. The first-order chi connectivity index (χ1) is 21.4. The van der Waals surface area contributed by atoms with Gasteiger partial charge in [-0.3, -0.25) is 0 Å². The van der Waals surface area contributed by atoms with Crippen molar-refractivity contribution in [2.45, 2.75) is 0 Å². The third kappa shape index (κ3) is 8.57. The number of hydrogen-bond acceptors (Lipinski definition) is 15. The van der Waals surface area contributed by atoms with Crippen molar-refractivity contribution in [3.63, 3.8) is 0 Å². The van der Waals surface area contributed by atoms with Crippen LogP contribution in [-0.4, -0.2) is 66.4 Å². The predicted octanol–water partition coefficient (Wildman–Crippen LogP) is 3.56. The lowest BCUT2D eigenvalue weighted by Crippen LogP contribution is -2.12. The molecule has 3 aromatic carbocycles. The van der Waals surface area contributed by atoms with Gasteiger partial charge in [-0.05, 0) is 60.7 Å². The fourth-order valence-corrected chi connectivity index (χ4v) is 3.80. The Labute approximate surface area is 251 Å². The lowest BCUT2D eigenvalue weighted by Gasteiger charge is -2.13. The second-order valence-corrected chi connectivity index (χ2v) is 9.13. The maximum Gasteiger partial charge on any atom is 0.233 e. The van der Waals surface area contributed by atoms with E-state index in [0.717, 1.165) is 0 Å². The topological polar surface area (TPSA) is 216 Å². The van der Waals surface area contributed by atoms with Crippen LogP contribution in [0.4, 0.5) is 68.5 Å². The summed E-state index contributed by atoms with van der Waals surface area (Å²) in [6, 6.07) is 20.3. The van der Waals surface area contributed by atoms with Crippen molar-refractivity contribution in [1.29, 1.82) is 0 Å². The molecule has 0 bridgehead atoms. The number of aliphatic hydroxyl groups excluding tert-OH is 2. The summed E-state index contributed by atoms with van der Waals surface area (Å²) >= 11 is 0. The Bertz CT molecular complexity index is 1570. The van der Waals surface area contributed by atoms with E-state index in [1.165, 1.54) is 12.1 Å². The smallest absolute Gasteiger partial charge is 0.233 e. The van der Waals surface area contributed by atoms with Gasteiger partial charge in [0.25, 0.3) is 0 Å². The number of nitrogens with zero attached hydrogens (tertiary/aromatic N) is 6. The van der Waals surface area contributed by atoms with Gasteiger partial charge in [0.05, 0.1) is 13.2 Å². The Hall–Kier alpha value is -5.87. The van der Waals surface area contributed by atoms with Crippen LogP contribution in [0.1, 0.15) is 0 Å². The van der Waals surface area contributed by atoms with E-state index in [0.29, 0.717) is 28.4 Å². The highest BCUT2D eigenvalue weighted by Gasteiger charge is 2.10. The molecule has 44 heavy (non-hydrogen) atoms. The molecular formula is C28H30FN13O2. The van der Waals surface area contributed by atoms with Gasteiger partial charge in [0, 0.05) is 41.5 Å². The minimum atomic E-state index is -0.404. The van der Waals surface area contributed by atoms with Crippen molar-refractivity contribution in [3.05, 3.63) is 78.6 Å². The summed E-state index contributed by atoms with van der Waals surface area (Å²) in [5.41, 5.74) is 8.98. The van der Waals surface area contributed by atoms with Crippen LogP contribution in [0.3, 0.4) is 0 Å². The molecule has 0 radical (unpaired) electrons. The zero-order valence-corrected chi connectivity index (χ0v) is 23.3. The average molecular weight is 600 g/mol. The zero-order chi connectivity index (χ0) is 30.7. The molecule has 0 amide bonds. The molecule has 0 saturated carbocycles. The van der Waals surface area contributed by atoms with Crippen molar-refractivity contribution >= 4 is 64.1 Å². The summed E-state index contributed by atoms with van der Waals surface area (Å²) in [5, 5.41) is 36.6. The Morgan fingerprint density at radius 2 is 0.932 bits per heavy atom. The number of benzene rings is 3. The van der Waals surface area contributed by atoms with Crippen LogP contribution >= 0.6 is 0 Å².